The van der Waals surface area contributed by atoms with Crippen molar-refractivity contribution in [3.8, 4) is 0 Å². The Kier molecular flexibility index (Phi) is 4.02. The van der Waals surface area contributed by atoms with Crippen molar-refractivity contribution in [1.29, 1.82) is 0 Å². The van der Waals surface area contributed by atoms with Crippen LogP contribution < -0.4 is 24.2 Å². The average molecular weight is 79.0 g/mol. The zero-order chi connectivity index (χ0) is 3.54. The van der Waals surface area contributed by atoms with E-state index in [4.69, 9.17) is 4.74 Å². The Bertz CT molecular complexity index is 22.4. The number of rotatable bonds is 0. The molecule has 0 atom stereocenters. The summed E-state index contributed by atoms with van der Waals surface area (Å²) in [7, 11) is 0. The molecule has 1 aliphatic heterocycles. The Morgan fingerprint density at radius 3 is 2.67 bits per heavy atom. The van der Waals surface area contributed by atoms with Crippen LogP contribution in [0, 0.1) is 6.73 Å². The van der Waals surface area contributed by atoms with E-state index in [0.717, 1.165) is 13.2 Å². The summed E-state index contributed by atoms with van der Waals surface area (Å²) in [4.78, 5) is 0. The molecule has 0 aromatic heterocycles. The first-order valence-electron chi connectivity index (χ1n) is 1.67. The second kappa shape index (κ2) is 3.70. The van der Waals surface area contributed by atoms with Gasteiger partial charge in [-0.2, -0.15) is 6.73 Å². The first-order chi connectivity index (χ1) is 2.50. The maximum absolute atomic E-state index is 4.71. The van der Waals surface area contributed by atoms with E-state index in [1.54, 1.807) is 6.73 Å². The van der Waals surface area contributed by atoms with Crippen molar-refractivity contribution in [2.45, 2.75) is 0 Å². The summed E-state index contributed by atoms with van der Waals surface area (Å²) in [6, 6.07) is 0. The fourth-order valence-corrected chi connectivity index (χ4v) is 0.295. The third-order valence-electron chi connectivity index (χ3n) is 0.531. The van der Waals surface area contributed by atoms with Crippen molar-refractivity contribution in [3.63, 3.8) is 0 Å². The molecule has 0 spiro atoms. The van der Waals surface area contributed by atoms with Crippen molar-refractivity contribution >= 4 is 0 Å². The zero-order valence-corrected chi connectivity index (χ0v) is 3.90. The fraction of sp³-hybridized carbons (Fsp3) is 0.667. The number of hydrogen-bond acceptors (Lipinski definition) is 2. The van der Waals surface area contributed by atoms with Crippen molar-refractivity contribution in [2.24, 2.45) is 0 Å². The van der Waals surface area contributed by atoms with Gasteiger partial charge in [0.25, 0.3) is 0 Å². The van der Waals surface area contributed by atoms with Crippen LogP contribution in [-0.2, 0) is 4.74 Å². The second-order valence-electron chi connectivity index (χ2n) is 0.943. The third kappa shape index (κ3) is 1.84. The van der Waals surface area contributed by atoms with Crippen LogP contribution in [0.25, 0.3) is 0 Å². The van der Waals surface area contributed by atoms with Gasteiger partial charge in [0.05, 0.1) is 0 Å². The zero-order valence-electron chi connectivity index (χ0n) is 3.90. The van der Waals surface area contributed by atoms with Crippen LogP contribution in [0.5, 0.6) is 0 Å². The summed E-state index contributed by atoms with van der Waals surface area (Å²) in [5.41, 5.74) is 0. The topological polar surface area (TPSA) is 21.3 Å². The van der Waals surface area contributed by atoms with Gasteiger partial charge in [0, 0.05) is 6.61 Å². The van der Waals surface area contributed by atoms with E-state index in [1.807, 2.05) is 0 Å². The smallest absolute Gasteiger partial charge is 0.536 e. The van der Waals surface area contributed by atoms with Gasteiger partial charge in [-0.25, -0.2) is 0 Å². The van der Waals surface area contributed by atoms with E-state index < -0.39 is 0 Å². The minimum Gasteiger partial charge on any atom is -0.536 e. The molecule has 0 radical (unpaired) electrons. The van der Waals surface area contributed by atoms with Crippen molar-refractivity contribution in [2.75, 3.05) is 13.2 Å². The van der Waals surface area contributed by atoms with Crippen LogP contribution in [0.2, 0.25) is 0 Å². The van der Waals surface area contributed by atoms with E-state index in [2.05, 4.69) is 5.32 Å². The first kappa shape index (κ1) is 6.52. The molecular weight excluding hydrogens is 73.0 g/mol. The third-order valence-corrected chi connectivity index (χ3v) is 0.531. The van der Waals surface area contributed by atoms with Gasteiger partial charge in [-0.3, -0.25) is 0 Å². The maximum Gasteiger partial charge on any atom is 1.00 e. The molecule has 3 heteroatoms. The summed E-state index contributed by atoms with van der Waals surface area (Å²) < 4.78 is 4.71. The summed E-state index contributed by atoms with van der Waals surface area (Å²) in [5.74, 6) is 0. The van der Waals surface area contributed by atoms with E-state index in [9.17, 15) is 0 Å². The largest absolute Gasteiger partial charge is 1.00 e. The van der Waals surface area contributed by atoms with Gasteiger partial charge in [0.2, 0.25) is 0 Å². The quantitative estimate of drug-likeness (QED) is 0.243. The number of hydrogen-bond donors (Lipinski definition) is 1. The van der Waals surface area contributed by atoms with Gasteiger partial charge < -0.3 is 10.1 Å². The van der Waals surface area contributed by atoms with Gasteiger partial charge in [0.15, 0.2) is 0 Å². The molecule has 0 unspecified atom stereocenters. The minimum atomic E-state index is 0. The minimum absolute atomic E-state index is 0. The predicted octanol–water partition coefficient (Wildman–Crippen LogP) is -3.27. The molecule has 6 heavy (non-hydrogen) atoms. The van der Waals surface area contributed by atoms with Crippen LogP contribution in [0.4, 0.5) is 0 Å². The summed E-state index contributed by atoms with van der Waals surface area (Å²) in [5, 5.41) is 2.88. The fourth-order valence-electron chi connectivity index (χ4n) is 0.295. The summed E-state index contributed by atoms with van der Waals surface area (Å²) in [6.45, 7) is 3.42. The van der Waals surface area contributed by atoms with Gasteiger partial charge >= 0.3 is 18.9 Å². The Labute approximate surface area is 49.4 Å². The predicted molar refractivity (Wildman–Crippen MR) is 18.3 cm³/mol. The molecule has 1 N–H and O–H groups in total. The molecule has 1 aliphatic rings. The monoisotopic (exact) mass is 79.1 g/mol. The molecule has 1 heterocycles. The molecule has 0 amide bonds. The molecule has 2 nitrogen and oxygen atoms in total. The van der Waals surface area contributed by atoms with Crippen LogP contribution >= 0.6 is 0 Å². The molecule has 0 aliphatic carbocycles. The van der Waals surface area contributed by atoms with Gasteiger partial charge in [-0.1, -0.05) is 0 Å². The normalized spacial score (nSPS) is 20.0. The van der Waals surface area contributed by atoms with Gasteiger partial charge in [0.1, 0.15) is 0 Å². The molecule has 0 aromatic carbocycles. The standard InChI is InChI=1S/C3H6NO.Li/c1-2-5-3-4-1;/h3-4H,1-2H2;/q-1;+1. The van der Waals surface area contributed by atoms with Crippen LogP contribution in [0.1, 0.15) is 0 Å². The number of ether oxygens (including phenoxy) is 1. The molecule has 30 valence electrons. The van der Waals surface area contributed by atoms with E-state index in [-0.39, 0.29) is 18.9 Å². The van der Waals surface area contributed by atoms with Crippen molar-refractivity contribution in [3.05, 3.63) is 6.73 Å². The van der Waals surface area contributed by atoms with Crippen molar-refractivity contribution in [1.82, 2.24) is 5.32 Å². The van der Waals surface area contributed by atoms with Crippen LogP contribution in [0.3, 0.4) is 0 Å². The SMILES string of the molecule is [CH-]1NCCO1.[Li+]. The van der Waals surface area contributed by atoms with E-state index in [0.29, 0.717) is 0 Å². The van der Waals surface area contributed by atoms with Gasteiger partial charge in [-0.15, -0.1) is 0 Å². The van der Waals surface area contributed by atoms with Crippen molar-refractivity contribution < 1.29 is 23.6 Å². The van der Waals surface area contributed by atoms with E-state index in [1.165, 1.54) is 0 Å². The molecule has 0 saturated carbocycles. The molecule has 0 bridgehead atoms. The molecule has 1 saturated heterocycles. The second-order valence-corrected chi connectivity index (χ2v) is 0.943. The molecular formula is C3H6LiNO. The number of nitrogens with one attached hydrogen (secondary N) is 1. The van der Waals surface area contributed by atoms with Crippen LogP contribution in [0.15, 0.2) is 0 Å². The molecule has 0 aromatic rings. The van der Waals surface area contributed by atoms with Crippen LogP contribution in [-0.4, -0.2) is 13.2 Å². The van der Waals surface area contributed by atoms with Gasteiger partial charge in [-0.05, 0) is 6.54 Å². The van der Waals surface area contributed by atoms with E-state index >= 15 is 0 Å². The molecule has 1 fully saturated rings. The Hall–Kier alpha value is 0.517. The average Bonchev–Trinajstić information content (AvgIpc) is 1.76. The maximum atomic E-state index is 4.71. The Balaban J connectivity index is 0.000000250. The first-order valence-corrected chi connectivity index (χ1v) is 1.67. The summed E-state index contributed by atoms with van der Waals surface area (Å²) in [6.07, 6.45) is 0. The summed E-state index contributed by atoms with van der Waals surface area (Å²) >= 11 is 0. The Morgan fingerprint density at radius 1 is 1.67 bits per heavy atom. The molecule has 1 rings (SSSR count). The Morgan fingerprint density at radius 2 is 2.50 bits per heavy atom.